The van der Waals surface area contributed by atoms with Crippen molar-refractivity contribution in [3.8, 4) is 0 Å². The summed E-state index contributed by atoms with van der Waals surface area (Å²) in [4.78, 5) is 27.6. The molecule has 0 aliphatic carbocycles. The molecule has 36 heavy (non-hydrogen) atoms. The lowest BCUT2D eigenvalue weighted by Crippen LogP contribution is -2.43. The first-order chi connectivity index (χ1) is 17.3. The van der Waals surface area contributed by atoms with Crippen molar-refractivity contribution in [1.29, 1.82) is 0 Å². The molecule has 0 saturated carbocycles. The smallest absolute Gasteiger partial charge is 0.244 e. The number of aromatic nitrogens is 2. The van der Waals surface area contributed by atoms with E-state index in [0.717, 1.165) is 31.3 Å². The number of hydrogen-bond acceptors (Lipinski definition) is 7. The van der Waals surface area contributed by atoms with Gasteiger partial charge in [0.25, 0.3) is 0 Å². The number of anilines is 4. The number of halogens is 2. The van der Waals surface area contributed by atoms with Crippen LogP contribution in [0, 0.1) is 18.6 Å². The number of morpholine rings is 1. The van der Waals surface area contributed by atoms with Crippen LogP contribution < -0.4 is 15.1 Å². The molecule has 1 N–H and O–H groups in total. The fraction of sp³-hybridized carbons (Fsp3) is 0.423. The molecular formula is C26H30F2N6O2. The van der Waals surface area contributed by atoms with E-state index >= 15 is 4.39 Å². The monoisotopic (exact) mass is 496 g/mol. The molecule has 5 rings (SSSR count). The molecule has 190 valence electrons. The quantitative estimate of drug-likeness (QED) is 0.575. The van der Waals surface area contributed by atoms with Gasteiger partial charge in [-0.15, -0.1) is 0 Å². The van der Waals surface area contributed by atoms with Crippen molar-refractivity contribution < 1.29 is 18.3 Å². The average molecular weight is 497 g/mol. The summed E-state index contributed by atoms with van der Waals surface area (Å²) in [5.74, 6) is -0.873. The molecule has 0 bridgehead atoms. The second kappa shape index (κ2) is 9.85. The molecule has 1 amide bonds. The number of benzene rings is 1. The van der Waals surface area contributed by atoms with Crippen LogP contribution in [-0.4, -0.2) is 73.8 Å². The minimum atomic E-state index is -0.702. The van der Waals surface area contributed by atoms with Gasteiger partial charge >= 0.3 is 0 Å². The van der Waals surface area contributed by atoms with Crippen molar-refractivity contribution >= 4 is 39.7 Å². The maximum atomic E-state index is 15.1. The van der Waals surface area contributed by atoms with Crippen LogP contribution in [0.2, 0.25) is 0 Å². The zero-order valence-electron chi connectivity index (χ0n) is 20.7. The van der Waals surface area contributed by atoms with Crippen molar-refractivity contribution in [2.45, 2.75) is 25.8 Å². The normalized spacial score (nSPS) is 18.1. The molecule has 0 radical (unpaired) electrons. The van der Waals surface area contributed by atoms with E-state index in [1.165, 1.54) is 6.07 Å². The van der Waals surface area contributed by atoms with E-state index in [9.17, 15) is 9.18 Å². The fourth-order valence-electron chi connectivity index (χ4n) is 5.04. The Hall–Kier alpha value is -3.53. The van der Waals surface area contributed by atoms with Crippen LogP contribution in [0.5, 0.6) is 0 Å². The maximum Gasteiger partial charge on any atom is 0.244 e. The van der Waals surface area contributed by atoms with Gasteiger partial charge in [-0.2, -0.15) is 0 Å². The molecule has 4 heterocycles. The first kappa shape index (κ1) is 24.2. The Morgan fingerprint density at radius 2 is 1.92 bits per heavy atom. The van der Waals surface area contributed by atoms with Crippen molar-refractivity contribution in [1.82, 2.24) is 14.9 Å². The number of rotatable bonds is 5. The Morgan fingerprint density at radius 1 is 1.14 bits per heavy atom. The maximum absolute atomic E-state index is 15.1. The molecule has 2 saturated heterocycles. The molecule has 2 aliphatic heterocycles. The van der Waals surface area contributed by atoms with E-state index in [1.807, 2.05) is 17.9 Å². The predicted molar refractivity (Wildman–Crippen MR) is 136 cm³/mol. The number of nitrogens with zero attached hydrogens (tertiary/aromatic N) is 5. The Kier molecular flexibility index (Phi) is 6.61. The molecule has 1 atom stereocenters. The Balaban J connectivity index is 1.60. The van der Waals surface area contributed by atoms with Crippen LogP contribution >= 0.6 is 0 Å². The van der Waals surface area contributed by atoms with Crippen molar-refractivity contribution in [2.24, 2.45) is 0 Å². The third kappa shape index (κ3) is 4.53. The number of carbonyl (C=O) groups excluding carboxylic acids is 1. The summed E-state index contributed by atoms with van der Waals surface area (Å²) < 4.78 is 34.8. The standard InChI is InChI=1S/C26H30F2N6O2/c1-16-24(30-18-13-19(15-29-14-18)33-7-9-36-10-8-33)23-20(28)11-17(27)12-21(23)31-25(16)34-6-4-5-22(34)26(35)32(2)3/h11-15,22H,4-10H2,1-3H3,(H,30,31)/t22-/m1/s1. The van der Waals surface area contributed by atoms with Gasteiger partial charge in [0.2, 0.25) is 5.91 Å². The summed E-state index contributed by atoms with van der Waals surface area (Å²) in [6, 6.07) is 3.68. The summed E-state index contributed by atoms with van der Waals surface area (Å²) in [6.45, 7) is 5.30. The number of amides is 1. The lowest BCUT2D eigenvalue weighted by atomic mass is 10.1. The van der Waals surface area contributed by atoms with Gasteiger partial charge in [0.15, 0.2) is 0 Å². The number of ether oxygens (including phenoxy) is 1. The lowest BCUT2D eigenvalue weighted by Gasteiger charge is -2.30. The zero-order valence-corrected chi connectivity index (χ0v) is 20.7. The highest BCUT2D eigenvalue weighted by molar-refractivity contribution is 5.98. The second-order valence-corrected chi connectivity index (χ2v) is 9.46. The average Bonchev–Trinajstić information content (AvgIpc) is 3.35. The lowest BCUT2D eigenvalue weighted by molar-refractivity contribution is -0.129. The van der Waals surface area contributed by atoms with E-state index < -0.39 is 11.6 Å². The van der Waals surface area contributed by atoms with Gasteiger partial charge in [-0.25, -0.2) is 13.8 Å². The van der Waals surface area contributed by atoms with E-state index in [0.29, 0.717) is 48.9 Å². The van der Waals surface area contributed by atoms with E-state index in [2.05, 4.69) is 20.2 Å². The van der Waals surface area contributed by atoms with Gasteiger partial charge in [0, 0.05) is 51.4 Å². The number of hydrogen-bond donors (Lipinski definition) is 1. The van der Waals surface area contributed by atoms with Gasteiger partial charge in [0.05, 0.1) is 53.6 Å². The van der Waals surface area contributed by atoms with Crippen LogP contribution in [0.1, 0.15) is 18.4 Å². The molecule has 1 aromatic carbocycles. The third-order valence-corrected chi connectivity index (χ3v) is 6.84. The summed E-state index contributed by atoms with van der Waals surface area (Å²) in [5.41, 5.74) is 2.96. The SMILES string of the molecule is Cc1c(N2CCC[C@@H]2C(=O)N(C)C)nc2cc(F)cc(F)c2c1Nc1cncc(N2CCOCC2)c1. The molecule has 8 nitrogen and oxygen atoms in total. The van der Waals surface area contributed by atoms with E-state index in [-0.39, 0.29) is 22.9 Å². The summed E-state index contributed by atoms with van der Waals surface area (Å²) >= 11 is 0. The van der Waals surface area contributed by atoms with Gasteiger partial charge in [-0.05, 0) is 25.8 Å². The molecule has 3 aromatic rings. The van der Waals surface area contributed by atoms with Crippen LogP contribution in [0.25, 0.3) is 10.9 Å². The van der Waals surface area contributed by atoms with Crippen LogP contribution in [0.3, 0.4) is 0 Å². The first-order valence-electron chi connectivity index (χ1n) is 12.2. The molecule has 0 spiro atoms. The first-order valence-corrected chi connectivity index (χ1v) is 12.2. The highest BCUT2D eigenvalue weighted by Gasteiger charge is 2.34. The van der Waals surface area contributed by atoms with Crippen LogP contribution in [-0.2, 0) is 9.53 Å². The molecule has 2 aromatic heterocycles. The number of carbonyl (C=O) groups is 1. The summed E-state index contributed by atoms with van der Waals surface area (Å²) in [7, 11) is 3.46. The molecule has 0 unspecified atom stereocenters. The van der Waals surface area contributed by atoms with Crippen LogP contribution in [0.4, 0.5) is 31.7 Å². The minimum absolute atomic E-state index is 0.0175. The minimum Gasteiger partial charge on any atom is -0.378 e. The molecule has 10 heteroatoms. The number of pyridine rings is 2. The van der Waals surface area contributed by atoms with Crippen molar-refractivity contribution in [3.05, 3.63) is 47.8 Å². The topological polar surface area (TPSA) is 73.8 Å². The second-order valence-electron chi connectivity index (χ2n) is 9.46. The van der Waals surface area contributed by atoms with E-state index in [1.54, 1.807) is 31.4 Å². The molecule has 2 fully saturated rings. The number of likely N-dealkylation sites (N-methyl/N-ethyl adjacent to an activating group) is 1. The van der Waals surface area contributed by atoms with Crippen LogP contribution in [0.15, 0.2) is 30.6 Å². The highest BCUT2D eigenvalue weighted by atomic mass is 19.1. The highest BCUT2D eigenvalue weighted by Crippen LogP contribution is 2.39. The summed E-state index contributed by atoms with van der Waals surface area (Å²) in [6.07, 6.45) is 4.99. The zero-order chi connectivity index (χ0) is 25.4. The molecule has 2 aliphatic rings. The van der Waals surface area contributed by atoms with Crippen molar-refractivity contribution in [3.63, 3.8) is 0 Å². The molecular weight excluding hydrogens is 466 g/mol. The van der Waals surface area contributed by atoms with Gasteiger partial charge < -0.3 is 24.8 Å². The van der Waals surface area contributed by atoms with Gasteiger partial charge in [-0.3, -0.25) is 9.78 Å². The largest absolute Gasteiger partial charge is 0.378 e. The van der Waals surface area contributed by atoms with Gasteiger partial charge in [0.1, 0.15) is 23.5 Å². The third-order valence-electron chi connectivity index (χ3n) is 6.84. The summed E-state index contributed by atoms with van der Waals surface area (Å²) in [5, 5.41) is 3.54. The van der Waals surface area contributed by atoms with Crippen molar-refractivity contribution in [2.75, 3.05) is 62.1 Å². The number of nitrogens with one attached hydrogen (secondary N) is 1. The predicted octanol–water partition coefficient (Wildman–Crippen LogP) is 3.85. The van der Waals surface area contributed by atoms with Gasteiger partial charge in [-0.1, -0.05) is 0 Å². The fourth-order valence-corrected chi connectivity index (χ4v) is 5.04. The van der Waals surface area contributed by atoms with E-state index in [4.69, 9.17) is 4.74 Å². The number of fused-ring (bicyclic) bond motifs is 1. The Bertz CT molecular complexity index is 1300. The Morgan fingerprint density at radius 3 is 2.67 bits per heavy atom. The Labute approximate surface area is 208 Å².